The van der Waals surface area contributed by atoms with Gasteiger partial charge >= 0.3 is 7.12 Å². The molecule has 0 aliphatic carbocycles. The lowest BCUT2D eigenvalue weighted by atomic mass is 9.80. The molecular weight excluding hydrogens is 186 g/mol. The second-order valence-corrected chi connectivity index (χ2v) is 2.26. The Labute approximate surface area is 83.3 Å². The molecule has 1 aromatic carbocycles. The predicted molar refractivity (Wildman–Crippen MR) is 54.1 cm³/mol. The Morgan fingerprint density at radius 2 is 1.86 bits per heavy atom. The molecule has 2 N–H and O–H groups in total. The fourth-order valence-electron chi connectivity index (χ4n) is 0.844. The molecule has 0 aliphatic heterocycles. The summed E-state index contributed by atoms with van der Waals surface area (Å²) >= 11 is 0. The molecule has 5 heteroatoms. The van der Waals surface area contributed by atoms with Gasteiger partial charge in [-0.1, -0.05) is 19.9 Å². The maximum absolute atomic E-state index is 12.9. The van der Waals surface area contributed by atoms with Crippen LogP contribution in [0.15, 0.2) is 18.2 Å². The second kappa shape index (κ2) is 6.40. The van der Waals surface area contributed by atoms with E-state index in [1.807, 2.05) is 13.8 Å². The molecule has 0 fully saturated rings. The van der Waals surface area contributed by atoms with Crippen LogP contribution in [0.2, 0.25) is 0 Å². The topological polar surface area (TPSA) is 49.7 Å². The third-order valence-electron chi connectivity index (χ3n) is 1.49. The fraction of sp³-hybridized carbons (Fsp3) is 0.333. The number of halogens is 1. The molecule has 0 atom stereocenters. The highest BCUT2D eigenvalue weighted by Gasteiger charge is 2.16. The zero-order chi connectivity index (χ0) is 11.1. The summed E-state index contributed by atoms with van der Waals surface area (Å²) < 4.78 is 17.6. The summed E-state index contributed by atoms with van der Waals surface area (Å²) in [6.45, 7) is 4.00. The van der Waals surface area contributed by atoms with E-state index in [9.17, 15) is 4.39 Å². The highest BCUT2D eigenvalue weighted by Crippen LogP contribution is 2.09. The number of methoxy groups -OCH3 is 1. The number of benzene rings is 1. The van der Waals surface area contributed by atoms with E-state index in [-0.39, 0.29) is 5.46 Å². The van der Waals surface area contributed by atoms with E-state index in [0.29, 0.717) is 5.75 Å². The van der Waals surface area contributed by atoms with Gasteiger partial charge < -0.3 is 14.8 Å². The average molecular weight is 200 g/mol. The maximum atomic E-state index is 12.9. The molecule has 14 heavy (non-hydrogen) atoms. The molecule has 0 bridgehead atoms. The normalized spacial score (nSPS) is 8.71. The van der Waals surface area contributed by atoms with Crippen LogP contribution in [-0.4, -0.2) is 24.3 Å². The molecule has 0 heterocycles. The number of rotatable bonds is 2. The van der Waals surface area contributed by atoms with Gasteiger partial charge in [0.15, 0.2) is 0 Å². The van der Waals surface area contributed by atoms with Crippen molar-refractivity contribution in [1.29, 1.82) is 0 Å². The number of hydrogen-bond donors (Lipinski definition) is 2. The molecule has 0 amide bonds. The minimum atomic E-state index is -1.78. The van der Waals surface area contributed by atoms with Crippen molar-refractivity contribution in [2.45, 2.75) is 13.8 Å². The lowest BCUT2D eigenvalue weighted by molar-refractivity contribution is 0.409. The predicted octanol–water partition coefficient (Wildman–Crippen LogP) is 0.540. The van der Waals surface area contributed by atoms with Crippen LogP contribution in [0.5, 0.6) is 5.75 Å². The molecule has 0 saturated carbocycles. The van der Waals surface area contributed by atoms with E-state index < -0.39 is 12.9 Å². The molecule has 78 valence electrons. The van der Waals surface area contributed by atoms with E-state index in [0.717, 1.165) is 6.07 Å². The van der Waals surface area contributed by atoms with Crippen molar-refractivity contribution in [3.63, 3.8) is 0 Å². The van der Waals surface area contributed by atoms with Gasteiger partial charge in [0.25, 0.3) is 0 Å². The summed E-state index contributed by atoms with van der Waals surface area (Å²) in [5.41, 5.74) is -0.157. The van der Waals surface area contributed by atoms with Gasteiger partial charge in [-0.3, -0.25) is 0 Å². The number of ether oxygens (including phenoxy) is 1. The first-order valence-corrected chi connectivity index (χ1v) is 4.34. The van der Waals surface area contributed by atoms with Crippen LogP contribution in [0, 0.1) is 5.82 Å². The van der Waals surface area contributed by atoms with E-state index in [1.54, 1.807) is 0 Å². The summed E-state index contributed by atoms with van der Waals surface area (Å²) in [4.78, 5) is 0. The summed E-state index contributed by atoms with van der Waals surface area (Å²) in [7, 11) is -0.375. The van der Waals surface area contributed by atoms with Crippen LogP contribution < -0.4 is 10.2 Å². The Hall–Kier alpha value is -1.07. The largest absolute Gasteiger partial charge is 0.497 e. The third-order valence-corrected chi connectivity index (χ3v) is 1.49. The van der Waals surface area contributed by atoms with E-state index >= 15 is 0 Å². The molecule has 1 rings (SSSR count). The van der Waals surface area contributed by atoms with Crippen molar-refractivity contribution in [1.82, 2.24) is 0 Å². The highest BCUT2D eigenvalue weighted by atomic mass is 19.1. The lowest BCUT2D eigenvalue weighted by Gasteiger charge is -2.03. The first-order valence-electron chi connectivity index (χ1n) is 4.34. The van der Waals surface area contributed by atoms with Crippen molar-refractivity contribution < 1.29 is 19.2 Å². The van der Waals surface area contributed by atoms with Gasteiger partial charge in [0.05, 0.1) is 7.11 Å². The maximum Gasteiger partial charge on any atom is 0.491 e. The molecule has 0 saturated heterocycles. The quantitative estimate of drug-likeness (QED) is 0.685. The monoisotopic (exact) mass is 200 g/mol. The summed E-state index contributed by atoms with van der Waals surface area (Å²) in [5, 5.41) is 17.3. The van der Waals surface area contributed by atoms with Gasteiger partial charge in [0.1, 0.15) is 11.6 Å². The van der Waals surface area contributed by atoms with Crippen molar-refractivity contribution in [2.24, 2.45) is 0 Å². The third kappa shape index (κ3) is 3.36. The molecule has 1 aromatic rings. The Bertz CT molecular complexity index is 279. The van der Waals surface area contributed by atoms with Crippen molar-refractivity contribution in [2.75, 3.05) is 7.11 Å². The van der Waals surface area contributed by atoms with E-state index in [4.69, 9.17) is 14.8 Å². The smallest absolute Gasteiger partial charge is 0.491 e. The Kier molecular flexibility index (Phi) is 5.91. The zero-order valence-electron chi connectivity index (χ0n) is 8.49. The van der Waals surface area contributed by atoms with Crippen LogP contribution in [0.1, 0.15) is 13.8 Å². The first-order chi connectivity index (χ1) is 6.65. The molecule has 0 aromatic heterocycles. The Morgan fingerprint density at radius 3 is 2.21 bits per heavy atom. The SMILES string of the molecule is CC.COc1ccc(B(O)O)c(F)c1. The zero-order valence-corrected chi connectivity index (χ0v) is 8.49. The van der Waals surface area contributed by atoms with Crippen LogP contribution in [0.3, 0.4) is 0 Å². The standard InChI is InChI=1S/C7H8BFO3.C2H6/c1-12-5-2-3-6(8(10)11)7(9)4-5;1-2/h2-4,10-11H,1H3;1-2H3. The molecule has 0 spiro atoms. The van der Waals surface area contributed by atoms with E-state index in [1.165, 1.54) is 19.2 Å². The highest BCUT2D eigenvalue weighted by molar-refractivity contribution is 6.58. The van der Waals surface area contributed by atoms with Gasteiger partial charge in [0, 0.05) is 11.5 Å². The molecular formula is C9H14BFO3. The van der Waals surface area contributed by atoms with Crippen LogP contribution in [0.25, 0.3) is 0 Å². The molecule has 0 aliphatic rings. The summed E-state index contributed by atoms with van der Waals surface area (Å²) in [6.07, 6.45) is 0. The van der Waals surface area contributed by atoms with Crippen LogP contribution in [0.4, 0.5) is 4.39 Å². The van der Waals surface area contributed by atoms with Gasteiger partial charge in [-0.05, 0) is 6.07 Å². The lowest BCUT2D eigenvalue weighted by Crippen LogP contribution is -2.32. The van der Waals surface area contributed by atoms with Crippen molar-refractivity contribution >= 4 is 12.6 Å². The van der Waals surface area contributed by atoms with Crippen molar-refractivity contribution in [3.05, 3.63) is 24.0 Å². The average Bonchev–Trinajstić information content (AvgIpc) is 2.20. The minimum absolute atomic E-state index is 0.157. The fourth-order valence-corrected chi connectivity index (χ4v) is 0.844. The Morgan fingerprint density at radius 1 is 1.29 bits per heavy atom. The first kappa shape index (κ1) is 12.9. The van der Waals surface area contributed by atoms with Gasteiger partial charge in [-0.2, -0.15) is 0 Å². The molecule has 0 radical (unpaired) electrons. The van der Waals surface area contributed by atoms with Gasteiger partial charge in [0.2, 0.25) is 0 Å². The summed E-state index contributed by atoms with van der Waals surface area (Å²) in [6, 6.07) is 3.81. The van der Waals surface area contributed by atoms with Crippen molar-refractivity contribution in [3.8, 4) is 5.75 Å². The molecule has 0 unspecified atom stereocenters. The minimum Gasteiger partial charge on any atom is -0.497 e. The van der Waals surface area contributed by atoms with Gasteiger partial charge in [-0.15, -0.1) is 0 Å². The van der Waals surface area contributed by atoms with Crippen LogP contribution >= 0.6 is 0 Å². The van der Waals surface area contributed by atoms with E-state index in [2.05, 4.69) is 0 Å². The Balaban J connectivity index is 0.000000791. The number of hydrogen-bond acceptors (Lipinski definition) is 3. The second-order valence-electron chi connectivity index (χ2n) is 2.26. The molecule has 3 nitrogen and oxygen atoms in total. The summed E-state index contributed by atoms with van der Waals surface area (Å²) in [5.74, 6) is -0.346. The van der Waals surface area contributed by atoms with Crippen LogP contribution in [-0.2, 0) is 0 Å². The van der Waals surface area contributed by atoms with Gasteiger partial charge in [-0.25, -0.2) is 4.39 Å².